The molecule has 3 atom stereocenters. The Hall–Kier alpha value is -1.13. The first-order valence-electron chi connectivity index (χ1n) is 13.0. The number of carboxylic acids is 1. The fraction of sp³-hybridized carbons (Fsp3) is 0.815. The third kappa shape index (κ3) is 12.5. The molecule has 0 saturated heterocycles. The van der Waals surface area contributed by atoms with Gasteiger partial charge in [0.25, 0.3) is 0 Å². The normalized spacial score (nSPS) is 20.1. The van der Waals surface area contributed by atoms with Crippen LogP contribution in [0, 0.1) is 5.92 Å². The molecule has 31 heavy (non-hydrogen) atoms. The molecule has 0 radical (unpaired) electrons. The zero-order valence-electron chi connectivity index (χ0n) is 20.2. The van der Waals surface area contributed by atoms with Gasteiger partial charge in [0.2, 0.25) is 0 Å². The van der Waals surface area contributed by atoms with Gasteiger partial charge >= 0.3 is 5.97 Å². The van der Waals surface area contributed by atoms with Gasteiger partial charge in [-0.1, -0.05) is 94.9 Å². The van der Waals surface area contributed by atoms with E-state index in [1.54, 1.807) is 0 Å². The van der Waals surface area contributed by atoms with Gasteiger partial charge in [-0.05, 0) is 44.9 Å². The van der Waals surface area contributed by atoms with Crippen molar-refractivity contribution in [1.29, 1.82) is 0 Å². The monoisotopic (exact) mass is 436 g/mol. The Morgan fingerprint density at radius 1 is 0.935 bits per heavy atom. The van der Waals surface area contributed by atoms with E-state index in [1.807, 2.05) is 6.08 Å². The Kier molecular flexibility index (Phi) is 15.7. The molecule has 0 aromatic rings. The molecule has 1 aliphatic rings. The standard InChI is InChI=1S/C27H48O4/c1-3-5-7-8-12-15-22-21-26(29)25(20-19-23(28)16-11-6-4-2)24(22)17-13-9-10-14-18-27(30)31/h19-20,23,25-26,28-29H,3-18,21H2,1-2H3,(H,30,31)/b20-19+/t23-,25+,26+/m0/s1. The number of unbranched alkanes of at least 4 members (excludes halogenated alkanes) is 9. The number of aliphatic hydroxyl groups excluding tert-OH is 2. The average Bonchev–Trinajstić information content (AvgIpc) is 3.03. The molecule has 4 heteroatoms. The molecule has 1 rings (SSSR count). The minimum absolute atomic E-state index is 0.0329. The van der Waals surface area contributed by atoms with Crippen LogP contribution in [0.15, 0.2) is 23.3 Å². The predicted molar refractivity (Wildman–Crippen MR) is 129 cm³/mol. The van der Waals surface area contributed by atoms with Gasteiger partial charge in [0, 0.05) is 12.3 Å². The average molecular weight is 437 g/mol. The van der Waals surface area contributed by atoms with E-state index in [0.29, 0.717) is 0 Å². The number of carbonyl (C=O) groups is 1. The van der Waals surface area contributed by atoms with Crippen molar-refractivity contribution in [2.45, 2.75) is 135 Å². The molecular formula is C27H48O4. The Balaban J connectivity index is 2.66. The van der Waals surface area contributed by atoms with Crippen LogP contribution >= 0.6 is 0 Å². The lowest BCUT2D eigenvalue weighted by atomic mass is 9.91. The summed E-state index contributed by atoms with van der Waals surface area (Å²) in [4.78, 5) is 10.7. The lowest BCUT2D eigenvalue weighted by molar-refractivity contribution is -0.137. The SMILES string of the molecule is CCCCCCCC1=C(CCCCCCC(=O)O)[C@@H](/C=C/[C@@H](O)CCCCC)[C@H](O)C1. The van der Waals surface area contributed by atoms with Gasteiger partial charge in [0.15, 0.2) is 0 Å². The molecule has 0 aliphatic heterocycles. The summed E-state index contributed by atoms with van der Waals surface area (Å²) in [5.74, 6) is -0.680. The van der Waals surface area contributed by atoms with Gasteiger partial charge in [0.05, 0.1) is 12.2 Å². The van der Waals surface area contributed by atoms with Crippen LogP contribution in [0.4, 0.5) is 0 Å². The lowest BCUT2D eigenvalue weighted by Crippen LogP contribution is -2.15. The molecule has 3 N–H and O–H groups in total. The molecule has 0 unspecified atom stereocenters. The highest BCUT2D eigenvalue weighted by Gasteiger charge is 2.30. The maximum absolute atomic E-state index is 10.8. The minimum Gasteiger partial charge on any atom is -0.481 e. The molecule has 0 amide bonds. The van der Waals surface area contributed by atoms with Crippen molar-refractivity contribution in [2.75, 3.05) is 0 Å². The largest absolute Gasteiger partial charge is 0.481 e. The van der Waals surface area contributed by atoms with E-state index in [0.717, 1.165) is 70.6 Å². The Labute approximate surface area is 190 Å². The first-order chi connectivity index (χ1) is 15.0. The van der Waals surface area contributed by atoms with Crippen LogP contribution in [0.1, 0.15) is 123 Å². The van der Waals surface area contributed by atoms with Crippen molar-refractivity contribution in [1.82, 2.24) is 0 Å². The lowest BCUT2D eigenvalue weighted by Gasteiger charge is -2.16. The molecule has 4 nitrogen and oxygen atoms in total. The zero-order valence-corrected chi connectivity index (χ0v) is 20.2. The summed E-state index contributed by atoms with van der Waals surface area (Å²) in [6.45, 7) is 4.40. The fourth-order valence-electron chi connectivity index (χ4n) is 4.66. The molecule has 0 fully saturated rings. The van der Waals surface area contributed by atoms with E-state index >= 15 is 0 Å². The quantitative estimate of drug-likeness (QED) is 0.151. The third-order valence-electron chi connectivity index (χ3n) is 6.54. The first kappa shape index (κ1) is 27.9. The van der Waals surface area contributed by atoms with Crippen LogP contribution in [0.25, 0.3) is 0 Å². The first-order valence-corrected chi connectivity index (χ1v) is 13.0. The molecule has 1 aliphatic carbocycles. The fourth-order valence-corrected chi connectivity index (χ4v) is 4.66. The van der Waals surface area contributed by atoms with Gasteiger partial charge in [-0.25, -0.2) is 0 Å². The van der Waals surface area contributed by atoms with Crippen LogP contribution in [0.5, 0.6) is 0 Å². The number of aliphatic carboxylic acids is 1. The molecule has 0 aromatic carbocycles. The van der Waals surface area contributed by atoms with Crippen molar-refractivity contribution in [2.24, 2.45) is 5.92 Å². The van der Waals surface area contributed by atoms with Crippen LogP contribution in [-0.4, -0.2) is 33.5 Å². The second kappa shape index (κ2) is 17.4. The molecule has 0 saturated carbocycles. The van der Waals surface area contributed by atoms with Gasteiger partial charge in [0.1, 0.15) is 0 Å². The highest BCUT2D eigenvalue weighted by molar-refractivity contribution is 5.66. The van der Waals surface area contributed by atoms with E-state index < -0.39 is 12.1 Å². The Morgan fingerprint density at radius 3 is 2.23 bits per heavy atom. The minimum atomic E-state index is -0.713. The summed E-state index contributed by atoms with van der Waals surface area (Å²) in [6, 6.07) is 0. The number of hydrogen-bond acceptors (Lipinski definition) is 3. The van der Waals surface area contributed by atoms with E-state index in [4.69, 9.17) is 5.11 Å². The Morgan fingerprint density at radius 2 is 1.55 bits per heavy atom. The van der Waals surface area contributed by atoms with Gasteiger partial charge in [-0.15, -0.1) is 0 Å². The summed E-state index contributed by atoms with van der Waals surface area (Å²) < 4.78 is 0. The van der Waals surface area contributed by atoms with Gasteiger partial charge in [-0.2, -0.15) is 0 Å². The number of aliphatic hydroxyl groups is 2. The van der Waals surface area contributed by atoms with Crippen LogP contribution in [0.2, 0.25) is 0 Å². The van der Waals surface area contributed by atoms with Crippen molar-refractivity contribution < 1.29 is 20.1 Å². The number of carboxylic acid groups (broad SMARTS) is 1. The molecule has 0 bridgehead atoms. The van der Waals surface area contributed by atoms with Crippen LogP contribution in [0.3, 0.4) is 0 Å². The summed E-state index contributed by atoms with van der Waals surface area (Å²) >= 11 is 0. The zero-order chi connectivity index (χ0) is 22.9. The number of hydrogen-bond donors (Lipinski definition) is 3. The number of rotatable bonds is 19. The van der Waals surface area contributed by atoms with Crippen molar-refractivity contribution in [3.63, 3.8) is 0 Å². The highest BCUT2D eigenvalue weighted by Crippen LogP contribution is 2.39. The maximum atomic E-state index is 10.8. The van der Waals surface area contributed by atoms with E-state index in [-0.39, 0.29) is 18.4 Å². The summed E-state index contributed by atoms with van der Waals surface area (Å²) in [5.41, 5.74) is 2.82. The Bertz CT molecular complexity index is 537. The van der Waals surface area contributed by atoms with Crippen molar-refractivity contribution in [3.8, 4) is 0 Å². The van der Waals surface area contributed by atoms with Crippen LogP contribution < -0.4 is 0 Å². The molecule has 0 heterocycles. The van der Waals surface area contributed by atoms with Gasteiger partial charge in [-0.3, -0.25) is 4.79 Å². The van der Waals surface area contributed by atoms with Crippen LogP contribution in [-0.2, 0) is 4.79 Å². The van der Waals surface area contributed by atoms with E-state index in [1.165, 1.54) is 43.3 Å². The van der Waals surface area contributed by atoms with E-state index in [2.05, 4.69) is 19.9 Å². The summed E-state index contributed by atoms with van der Waals surface area (Å²) in [7, 11) is 0. The van der Waals surface area contributed by atoms with Crippen molar-refractivity contribution in [3.05, 3.63) is 23.3 Å². The molecular weight excluding hydrogens is 388 g/mol. The highest BCUT2D eigenvalue weighted by atomic mass is 16.4. The topological polar surface area (TPSA) is 77.8 Å². The second-order valence-electron chi connectivity index (χ2n) is 9.35. The summed E-state index contributed by atoms with van der Waals surface area (Å²) in [6.07, 6.45) is 20.5. The molecule has 0 spiro atoms. The summed E-state index contributed by atoms with van der Waals surface area (Å²) in [5, 5.41) is 29.8. The van der Waals surface area contributed by atoms with Crippen molar-refractivity contribution >= 4 is 5.97 Å². The third-order valence-corrected chi connectivity index (χ3v) is 6.54. The second-order valence-corrected chi connectivity index (χ2v) is 9.35. The maximum Gasteiger partial charge on any atom is 0.303 e. The molecule has 180 valence electrons. The smallest absolute Gasteiger partial charge is 0.303 e. The molecule has 0 aromatic heterocycles. The van der Waals surface area contributed by atoms with E-state index in [9.17, 15) is 15.0 Å². The predicted octanol–water partition coefficient (Wildman–Crippen LogP) is 6.95. The van der Waals surface area contributed by atoms with Gasteiger partial charge < -0.3 is 15.3 Å².